The van der Waals surface area contributed by atoms with Crippen molar-refractivity contribution in [1.82, 2.24) is 0 Å². The van der Waals surface area contributed by atoms with Crippen molar-refractivity contribution in [2.24, 2.45) is 0 Å². The van der Waals surface area contributed by atoms with Crippen molar-refractivity contribution in [3.8, 4) is 0 Å². The fourth-order valence-corrected chi connectivity index (χ4v) is 1.94. The van der Waals surface area contributed by atoms with Gasteiger partial charge >= 0.3 is 0 Å². The van der Waals surface area contributed by atoms with Gasteiger partial charge in [-0.05, 0) is 0 Å². The van der Waals surface area contributed by atoms with E-state index in [0.717, 1.165) is 4.90 Å². The fourth-order valence-electron chi connectivity index (χ4n) is 1.94. The first-order valence-corrected chi connectivity index (χ1v) is 5.64. The highest BCUT2D eigenvalue weighted by Crippen LogP contribution is 2.32. The molecule has 2 nitrogen and oxygen atoms in total. The molecular weight excluding hydrogens is 288 g/mol. The number of morpholine rings is 1. The second kappa shape index (κ2) is 5.74. The number of ether oxygens (including phenoxy) is 1. The van der Waals surface area contributed by atoms with Crippen molar-refractivity contribution in [2.45, 2.75) is 0 Å². The summed E-state index contributed by atoms with van der Waals surface area (Å²) in [7, 11) is 0. The Morgan fingerprint density at radius 2 is 1.40 bits per heavy atom. The molecule has 0 aromatic heterocycles. The number of halogens is 6. The summed E-state index contributed by atoms with van der Waals surface area (Å²) < 4.78 is 83.9. The molecule has 20 heavy (non-hydrogen) atoms. The summed E-state index contributed by atoms with van der Waals surface area (Å²) in [6.07, 6.45) is -2.71. The zero-order chi connectivity index (χ0) is 14.9. The van der Waals surface area contributed by atoms with Gasteiger partial charge < -0.3 is 9.64 Å². The molecule has 1 saturated heterocycles. The van der Waals surface area contributed by atoms with Crippen LogP contribution in [-0.2, 0) is 4.74 Å². The van der Waals surface area contributed by atoms with E-state index in [1.54, 1.807) is 0 Å². The van der Waals surface area contributed by atoms with Crippen molar-refractivity contribution in [3.05, 3.63) is 34.9 Å². The molecule has 2 rings (SSSR count). The topological polar surface area (TPSA) is 12.5 Å². The first kappa shape index (κ1) is 14.7. The second-order valence-electron chi connectivity index (χ2n) is 4.05. The summed E-state index contributed by atoms with van der Waals surface area (Å²) in [5.41, 5.74) is -2.34. The van der Waals surface area contributed by atoms with Gasteiger partial charge in [0.15, 0.2) is 23.3 Å². The Kier molecular flexibility index (Phi) is 4.22. The van der Waals surface area contributed by atoms with E-state index in [4.69, 9.17) is 4.74 Å². The zero-order valence-electron chi connectivity index (χ0n) is 10.0. The van der Waals surface area contributed by atoms with E-state index in [0.29, 0.717) is 0 Å². The van der Waals surface area contributed by atoms with Crippen LogP contribution in [0.15, 0.2) is 6.08 Å². The summed E-state index contributed by atoms with van der Waals surface area (Å²) in [6.45, 7) is 0.366. The SMILES string of the molecule is FC(F)=Cc1c(F)c(F)c(N2CCOCC2)c(F)c1F. The van der Waals surface area contributed by atoms with Crippen LogP contribution < -0.4 is 4.90 Å². The fraction of sp³-hybridized carbons (Fsp3) is 0.333. The molecule has 1 heterocycles. The predicted octanol–water partition coefficient (Wildman–Crippen LogP) is 3.32. The summed E-state index contributed by atoms with van der Waals surface area (Å²) in [6, 6.07) is 0. The van der Waals surface area contributed by atoms with Gasteiger partial charge in [0.2, 0.25) is 0 Å². The summed E-state index contributed by atoms with van der Waals surface area (Å²) in [5, 5.41) is 0. The van der Waals surface area contributed by atoms with Crippen LogP contribution in [-0.4, -0.2) is 26.3 Å². The van der Waals surface area contributed by atoms with E-state index in [9.17, 15) is 26.3 Å². The van der Waals surface area contributed by atoms with Crippen LogP contribution in [0, 0.1) is 23.3 Å². The van der Waals surface area contributed by atoms with Gasteiger partial charge in [-0.1, -0.05) is 0 Å². The van der Waals surface area contributed by atoms with Gasteiger partial charge in [0, 0.05) is 19.2 Å². The molecule has 0 atom stereocenters. The number of hydrogen-bond acceptors (Lipinski definition) is 2. The first-order valence-electron chi connectivity index (χ1n) is 5.64. The van der Waals surface area contributed by atoms with E-state index in [1.807, 2.05) is 0 Å². The van der Waals surface area contributed by atoms with Gasteiger partial charge in [-0.15, -0.1) is 0 Å². The largest absolute Gasteiger partial charge is 0.378 e. The lowest BCUT2D eigenvalue weighted by Gasteiger charge is -2.29. The lowest BCUT2D eigenvalue weighted by Crippen LogP contribution is -2.37. The maximum Gasteiger partial charge on any atom is 0.271 e. The van der Waals surface area contributed by atoms with Crippen LogP contribution >= 0.6 is 0 Å². The maximum atomic E-state index is 13.8. The number of benzene rings is 1. The number of hydrogen-bond donors (Lipinski definition) is 0. The standard InChI is InChI=1S/C12H9F6NO/c13-7(14)5-6-8(15)10(17)12(11(18)9(6)16)19-1-3-20-4-2-19/h5H,1-4H2. The molecule has 1 aromatic rings. The van der Waals surface area contributed by atoms with Crippen molar-refractivity contribution < 1.29 is 31.1 Å². The Bertz CT molecular complexity index is 520. The highest BCUT2D eigenvalue weighted by molar-refractivity contribution is 5.60. The number of anilines is 1. The highest BCUT2D eigenvalue weighted by atomic mass is 19.3. The van der Waals surface area contributed by atoms with E-state index in [1.165, 1.54) is 0 Å². The molecule has 0 amide bonds. The van der Waals surface area contributed by atoms with E-state index >= 15 is 0 Å². The molecule has 0 bridgehead atoms. The smallest absolute Gasteiger partial charge is 0.271 e. The Hall–Kier alpha value is -1.70. The van der Waals surface area contributed by atoms with Crippen LogP contribution in [0.2, 0.25) is 0 Å². The Balaban J connectivity index is 2.57. The van der Waals surface area contributed by atoms with Crippen molar-refractivity contribution in [1.29, 1.82) is 0 Å². The Morgan fingerprint density at radius 1 is 0.900 bits per heavy atom. The average molecular weight is 297 g/mol. The molecule has 1 aliphatic rings. The third-order valence-electron chi connectivity index (χ3n) is 2.85. The van der Waals surface area contributed by atoms with Crippen LogP contribution in [0.25, 0.3) is 6.08 Å². The molecule has 0 unspecified atom stereocenters. The molecule has 110 valence electrons. The molecule has 1 fully saturated rings. The van der Waals surface area contributed by atoms with Crippen molar-refractivity contribution >= 4 is 11.8 Å². The molecule has 1 aliphatic heterocycles. The Morgan fingerprint density at radius 3 is 1.85 bits per heavy atom. The quantitative estimate of drug-likeness (QED) is 0.613. The highest BCUT2D eigenvalue weighted by Gasteiger charge is 2.29. The third-order valence-corrected chi connectivity index (χ3v) is 2.85. The van der Waals surface area contributed by atoms with E-state index in [-0.39, 0.29) is 32.4 Å². The molecular formula is C12H9F6NO. The third kappa shape index (κ3) is 2.60. The molecule has 0 saturated carbocycles. The lowest BCUT2D eigenvalue weighted by molar-refractivity contribution is 0.122. The summed E-state index contributed by atoms with van der Waals surface area (Å²) in [5.74, 6) is -7.09. The van der Waals surface area contributed by atoms with E-state index in [2.05, 4.69) is 0 Å². The minimum atomic E-state index is -2.46. The predicted molar refractivity (Wildman–Crippen MR) is 59.5 cm³/mol. The first-order chi connectivity index (χ1) is 9.43. The molecule has 0 spiro atoms. The van der Waals surface area contributed by atoms with Crippen LogP contribution in [0.5, 0.6) is 0 Å². The van der Waals surface area contributed by atoms with Gasteiger partial charge in [0.1, 0.15) is 5.69 Å². The van der Waals surface area contributed by atoms with Gasteiger partial charge in [-0.2, -0.15) is 8.78 Å². The molecule has 8 heteroatoms. The van der Waals surface area contributed by atoms with Crippen molar-refractivity contribution in [2.75, 3.05) is 31.2 Å². The monoisotopic (exact) mass is 297 g/mol. The Labute approximate surface area is 110 Å². The normalized spacial score (nSPS) is 15.4. The van der Waals surface area contributed by atoms with Crippen LogP contribution in [0.4, 0.5) is 32.0 Å². The van der Waals surface area contributed by atoms with Crippen LogP contribution in [0.1, 0.15) is 5.56 Å². The summed E-state index contributed by atoms with van der Waals surface area (Å²) in [4.78, 5) is 1.07. The molecule has 0 N–H and O–H groups in total. The molecule has 0 aliphatic carbocycles. The van der Waals surface area contributed by atoms with E-state index < -0.39 is 40.6 Å². The molecule has 1 aromatic carbocycles. The average Bonchev–Trinajstić information content (AvgIpc) is 2.43. The van der Waals surface area contributed by atoms with Gasteiger partial charge in [0.25, 0.3) is 6.08 Å². The lowest BCUT2D eigenvalue weighted by atomic mass is 10.1. The second-order valence-corrected chi connectivity index (χ2v) is 4.05. The minimum absolute atomic E-state index is 0.0410. The number of rotatable bonds is 2. The maximum absolute atomic E-state index is 13.8. The van der Waals surface area contributed by atoms with Gasteiger partial charge in [-0.3, -0.25) is 0 Å². The minimum Gasteiger partial charge on any atom is -0.378 e. The number of nitrogens with zero attached hydrogens (tertiary/aromatic N) is 1. The van der Waals surface area contributed by atoms with Crippen LogP contribution in [0.3, 0.4) is 0 Å². The van der Waals surface area contributed by atoms with Gasteiger partial charge in [0.05, 0.1) is 18.8 Å². The summed E-state index contributed by atoms with van der Waals surface area (Å²) >= 11 is 0. The molecule has 0 radical (unpaired) electrons. The van der Waals surface area contributed by atoms with Gasteiger partial charge in [-0.25, -0.2) is 17.6 Å². The van der Waals surface area contributed by atoms with Crippen molar-refractivity contribution in [3.63, 3.8) is 0 Å². The zero-order valence-corrected chi connectivity index (χ0v) is 10.0.